The van der Waals surface area contributed by atoms with Crippen LogP contribution in [0.4, 0.5) is 0 Å². The molecule has 2 saturated carbocycles. The molecule has 0 saturated heterocycles. The summed E-state index contributed by atoms with van der Waals surface area (Å²) in [5.41, 5.74) is 0. The van der Waals surface area contributed by atoms with Crippen molar-refractivity contribution in [1.29, 1.82) is 0 Å². The van der Waals surface area contributed by atoms with Gasteiger partial charge in [-0.3, -0.25) is 0 Å². The van der Waals surface area contributed by atoms with Crippen molar-refractivity contribution in [2.24, 2.45) is 17.8 Å². The minimum Gasteiger partial charge on any atom is -0.414 e. The summed E-state index contributed by atoms with van der Waals surface area (Å²) < 4.78 is 6.51. The summed E-state index contributed by atoms with van der Waals surface area (Å²) in [6.07, 6.45) is 5.08. The van der Waals surface area contributed by atoms with Crippen LogP contribution in [0.15, 0.2) is 0 Å². The van der Waals surface area contributed by atoms with E-state index in [1.54, 1.807) is 0 Å². The molecule has 0 aromatic heterocycles. The number of rotatable bonds is 3. The third-order valence-electron chi connectivity index (χ3n) is 5.23. The number of hydrogen-bond donors (Lipinski definition) is 0. The van der Waals surface area contributed by atoms with Gasteiger partial charge in [0.2, 0.25) is 0 Å². The number of carbonyl (C=O) groups is 1. The molecule has 0 N–H and O–H groups in total. The van der Waals surface area contributed by atoms with Crippen LogP contribution in [0, 0.1) is 17.8 Å². The number of aldehydes is 1. The monoisotopic (exact) mass is 254 g/mol. The zero-order valence-corrected chi connectivity index (χ0v) is 12.8. The second-order valence-electron chi connectivity index (χ2n) is 7.45. The van der Waals surface area contributed by atoms with E-state index in [0.29, 0.717) is 12.0 Å². The lowest BCUT2D eigenvalue weighted by atomic mass is 9.88. The Labute approximate surface area is 106 Å². The first kappa shape index (κ1) is 13.3. The van der Waals surface area contributed by atoms with Gasteiger partial charge in [0, 0.05) is 12.0 Å². The van der Waals surface area contributed by atoms with Crippen LogP contribution in [0.25, 0.3) is 0 Å². The quantitative estimate of drug-likeness (QED) is 0.568. The van der Waals surface area contributed by atoms with E-state index in [2.05, 4.69) is 33.9 Å². The Bertz CT molecular complexity index is 306. The van der Waals surface area contributed by atoms with Gasteiger partial charge < -0.3 is 9.22 Å². The number of hydrogen-bond acceptors (Lipinski definition) is 2. The molecule has 0 spiro atoms. The SMILES string of the molecule is CC(C)(C)[Si](C)(C)O[C@H]1C[C@H]2C[C@@H]1[C@H](C=O)C2. The first-order valence-electron chi connectivity index (χ1n) is 6.88. The van der Waals surface area contributed by atoms with Crippen molar-refractivity contribution in [3.8, 4) is 0 Å². The van der Waals surface area contributed by atoms with Gasteiger partial charge in [0.1, 0.15) is 6.29 Å². The van der Waals surface area contributed by atoms with E-state index in [-0.39, 0.29) is 11.0 Å². The van der Waals surface area contributed by atoms with Crippen LogP contribution >= 0.6 is 0 Å². The van der Waals surface area contributed by atoms with E-state index in [4.69, 9.17) is 4.43 Å². The molecule has 0 amide bonds. The van der Waals surface area contributed by atoms with Crippen LogP contribution in [0.1, 0.15) is 40.0 Å². The molecule has 98 valence electrons. The zero-order valence-electron chi connectivity index (χ0n) is 11.8. The van der Waals surface area contributed by atoms with Gasteiger partial charge in [0.25, 0.3) is 0 Å². The maximum Gasteiger partial charge on any atom is 0.192 e. The molecule has 0 unspecified atom stereocenters. The average molecular weight is 254 g/mol. The van der Waals surface area contributed by atoms with Gasteiger partial charge in [-0.05, 0) is 49.2 Å². The molecule has 3 heteroatoms. The van der Waals surface area contributed by atoms with Gasteiger partial charge in [0.15, 0.2) is 8.32 Å². The molecule has 2 rings (SSSR count). The van der Waals surface area contributed by atoms with Crippen molar-refractivity contribution in [3.05, 3.63) is 0 Å². The highest BCUT2D eigenvalue weighted by atomic mass is 28.4. The second kappa shape index (κ2) is 4.20. The van der Waals surface area contributed by atoms with Crippen LogP contribution in [-0.4, -0.2) is 20.7 Å². The van der Waals surface area contributed by atoms with Crippen LogP contribution < -0.4 is 0 Å². The summed E-state index contributed by atoms with van der Waals surface area (Å²) in [5.74, 6) is 1.56. The molecule has 2 bridgehead atoms. The largest absolute Gasteiger partial charge is 0.414 e. The van der Waals surface area contributed by atoms with Gasteiger partial charge in [0.05, 0.1) is 0 Å². The van der Waals surface area contributed by atoms with Crippen LogP contribution in [-0.2, 0) is 9.22 Å². The van der Waals surface area contributed by atoms with Crippen molar-refractivity contribution in [2.45, 2.75) is 64.3 Å². The third-order valence-corrected chi connectivity index (χ3v) is 9.74. The molecule has 0 heterocycles. The normalized spacial score (nSPS) is 37.5. The average Bonchev–Trinajstić information content (AvgIpc) is 2.73. The van der Waals surface area contributed by atoms with Gasteiger partial charge >= 0.3 is 0 Å². The molecule has 2 nitrogen and oxygen atoms in total. The van der Waals surface area contributed by atoms with Crippen LogP contribution in [0.3, 0.4) is 0 Å². The molecule has 0 radical (unpaired) electrons. The smallest absolute Gasteiger partial charge is 0.192 e. The molecular weight excluding hydrogens is 228 g/mol. The summed E-state index contributed by atoms with van der Waals surface area (Å²) in [5, 5.41) is 0.269. The minimum absolute atomic E-state index is 0.269. The minimum atomic E-state index is -1.67. The van der Waals surface area contributed by atoms with Gasteiger partial charge in [-0.15, -0.1) is 0 Å². The lowest BCUT2D eigenvalue weighted by Gasteiger charge is -2.41. The molecule has 0 aromatic rings. The third kappa shape index (κ3) is 2.36. The Morgan fingerprint density at radius 2 is 1.82 bits per heavy atom. The fourth-order valence-corrected chi connectivity index (χ4v) is 4.57. The molecule has 2 fully saturated rings. The van der Waals surface area contributed by atoms with E-state index in [1.165, 1.54) is 19.1 Å². The first-order chi connectivity index (χ1) is 7.74. The van der Waals surface area contributed by atoms with Gasteiger partial charge in [-0.2, -0.15) is 0 Å². The van der Waals surface area contributed by atoms with Crippen molar-refractivity contribution in [3.63, 3.8) is 0 Å². The molecule has 4 atom stereocenters. The number of fused-ring (bicyclic) bond motifs is 2. The molecule has 2 aliphatic rings. The predicted octanol–water partition coefficient (Wildman–Crippen LogP) is 3.62. The maximum atomic E-state index is 11.1. The van der Waals surface area contributed by atoms with E-state index in [1.807, 2.05) is 0 Å². The maximum absolute atomic E-state index is 11.1. The van der Waals surface area contributed by atoms with Crippen LogP contribution in [0.5, 0.6) is 0 Å². The summed E-state index contributed by atoms with van der Waals surface area (Å²) in [6.45, 7) is 11.5. The Balaban J connectivity index is 2.04. The topological polar surface area (TPSA) is 26.3 Å². The van der Waals surface area contributed by atoms with E-state index >= 15 is 0 Å². The fourth-order valence-electron chi connectivity index (χ4n) is 3.19. The molecule has 2 aliphatic carbocycles. The van der Waals surface area contributed by atoms with Crippen LogP contribution in [0.2, 0.25) is 18.1 Å². The summed E-state index contributed by atoms with van der Waals surface area (Å²) in [6, 6.07) is 0. The van der Waals surface area contributed by atoms with Gasteiger partial charge in [-0.25, -0.2) is 0 Å². The number of carbonyl (C=O) groups excluding carboxylic acids is 1. The standard InChI is InChI=1S/C14H26O2Si/c1-14(2,3)17(4,5)16-13-8-10-6-11(9-15)12(13)7-10/h9-13H,6-8H2,1-5H3/t10-,11+,12-,13+/m1/s1. The summed E-state index contributed by atoms with van der Waals surface area (Å²) in [4.78, 5) is 11.1. The lowest BCUT2D eigenvalue weighted by molar-refractivity contribution is -0.113. The van der Waals surface area contributed by atoms with Gasteiger partial charge in [-0.1, -0.05) is 20.8 Å². The molecule has 17 heavy (non-hydrogen) atoms. The highest BCUT2D eigenvalue weighted by Crippen LogP contribution is 2.51. The fraction of sp³-hybridized carbons (Fsp3) is 0.929. The highest BCUT2D eigenvalue weighted by Gasteiger charge is 2.50. The van der Waals surface area contributed by atoms with Crippen molar-refractivity contribution < 1.29 is 9.22 Å². The van der Waals surface area contributed by atoms with E-state index in [0.717, 1.165) is 12.3 Å². The van der Waals surface area contributed by atoms with E-state index in [9.17, 15) is 4.79 Å². The van der Waals surface area contributed by atoms with Crippen molar-refractivity contribution in [1.82, 2.24) is 0 Å². The lowest BCUT2D eigenvalue weighted by Crippen LogP contribution is -2.46. The molecule has 0 aromatic carbocycles. The second-order valence-corrected chi connectivity index (χ2v) is 12.2. The molecular formula is C14H26O2Si. The first-order valence-corrected chi connectivity index (χ1v) is 9.78. The van der Waals surface area contributed by atoms with Crippen molar-refractivity contribution >= 4 is 14.6 Å². The Kier molecular flexibility index (Phi) is 3.28. The van der Waals surface area contributed by atoms with Crippen molar-refractivity contribution in [2.75, 3.05) is 0 Å². The summed E-state index contributed by atoms with van der Waals surface area (Å²) >= 11 is 0. The Morgan fingerprint density at radius 1 is 1.18 bits per heavy atom. The Hall–Kier alpha value is -0.153. The van der Waals surface area contributed by atoms with E-state index < -0.39 is 8.32 Å². The predicted molar refractivity (Wildman–Crippen MR) is 72.5 cm³/mol. The highest BCUT2D eigenvalue weighted by molar-refractivity contribution is 6.74. The summed E-state index contributed by atoms with van der Waals surface area (Å²) in [7, 11) is -1.67. The molecule has 0 aliphatic heterocycles. The Morgan fingerprint density at radius 3 is 2.29 bits per heavy atom. The zero-order chi connectivity index (χ0) is 12.8.